The maximum atomic E-state index is 11.3. The molecule has 0 unspecified atom stereocenters. The van der Waals surface area contributed by atoms with Crippen LogP contribution in [-0.2, 0) is 11.3 Å². The molecule has 1 aromatic heterocycles. The van der Waals surface area contributed by atoms with Crippen LogP contribution < -0.4 is 24.6 Å². The quantitative estimate of drug-likeness (QED) is 0.179. The van der Waals surface area contributed by atoms with Crippen LogP contribution in [0.2, 0.25) is 0 Å². The van der Waals surface area contributed by atoms with E-state index in [1.807, 2.05) is 66.7 Å². The lowest BCUT2D eigenvalue weighted by Crippen LogP contribution is -2.17. The van der Waals surface area contributed by atoms with Crippen molar-refractivity contribution in [2.45, 2.75) is 6.42 Å². The lowest BCUT2D eigenvalue weighted by Gasteiger charge is -2.13. The first kappa shape index (κ1) is 25.9. The van der Waals surface area contributed by atoms with E-state index in [1.54, 1.807) is 14.2 Å². The minimum Gasteiger partial charge on any atom is -0.497 e. The number of hydrogen-bond donors (Lipinski definition) is 3. The van der Waals surface area contributed by atoms with Gasteiger partial charge in [-0.25, -0.2) is 0 Å². The predicted molar refractivity (Wildman–Crippen MR) is 144 cm³/mol. The molecule has 1 heterocycles. The number of aromatic nitrogens is 1. The SMILES string of the molecule is C=C(NOCCOc1ccc(Cc2sc(=O)[nH]c2O)cc1)c1ccc(-c2cc(OC)ccc2OC)cc1. The Morgan fingerprint density at radius 3 is 2.35 bits per heavy atom. The van der Waals surface area contributed by atoms with Crippen LogP contribution in [0.3, 0.4) is 0 Å². The molecule has 0 aliphatic rings. The van der Waals surface area contributed by atoms with Crippen LogP contribution in [0.5, 0.6) is 23.1 Å². The fourth-order valence-corrected chi connectivity index (χ4v) is 4.41. The van der Waals surface area contributed by atoms with Gasteiger partial charge >= 0.3 is 4.87 Å². The van der Waals surface area contributed by atoms with Crippen molar-refractivity contribution in [3.63, 3.8) is 0 Å². The Hall–Kier alpha value is -4.21. The molecule has 0 fully saturated rings. The van der Waals surface area contributed by atoms with Gasteiger partial charge in [-0.1, -0.05) is 54.3 Å². The molecule has 0 amide bonds. The van der Waals surface area contributed by atoms with Crippen LogP contribution in [0.25, 0.3) is 16.8 Å². The molecule has 4 aromatic rings. The summed E-state index contributed by atoms with van der Waals surface area (Å²) in [6.45, 7) is 4.69. The molecule has 4 rings (SSSR count). The third-order valence-electron chi connectivity index (χ3n) is 5.59. The van der Waals surface area contributed by atoms with Gasteiger partial charge in [0.2, 0.25) is 5.88 Å². The van der Waals surface area contributed by atoms with Crippen molar-refractivity contribution >= 4 is 17.0 Å². The number of H-pyrrole nitrogens is 1. The van der Waals surface area contributed by atoms with E-state index in [1.165, 1.54) is 0 Å². The Labute approximate surface area is 218 Å². The number of hydrogen-bond acceptors (Lipinski definition) is 8. The number of aromatic amines is 1. The summed E-state index contributed by atoms with van der Waals surface area (Å²) >= 11 is 1.00. The average Bonchev–Trinajstić information content (AvgIpc) is 3.24. The van der Waals surface area contributed by atoms with Gasteiger partial charge < -0.3 is 19.3 Å². The van der Waals surface area contributed by atoms with E-state index < -0.39 is 0 Å². The van der Waals surface area contributed by atoms with Gasteiger partial charge in [0, 0.05) is 12.0 Å². The highest BCUT2D eigenvalue weighted by molar-refractivity contribution is 7.09. The van der Waals surface area contributed by atoms with Gasteiger partial charge in [0.05, 0.1) is 24.8 Å². The molecule has 0 atom stereocenters. The highest BCUT2D eigenvalue weighted by Gasteiger charge is 2.09. The topological polar surface area (TPSA) is 102 Å². The number of thiazole rings is 1. The van der Waals surface area contributed by atoms with Gasteiger partial charge in [-0.2, -0.15) is 0 Å². The molecule has 9 heteroatoms. The maximum Gasteiger partial charge on any atom is 0.307 e. The second kappa shape index (κ2) is 12.2. The van der Waals surface area contributed by atoms with Gasteiger partial charge in [0.1, 0.15) is 30.5 Å². The number of benzene rings is 3. The smallest absolute Gasteiger partial charge is 0.307 e. The van der Waals surface area contributed by atoms with Gasteiger partial charge in [-0.05, 0) is 47.0 Å². The lowest BCUT2D eigenvalue weighted by molar-refractivity contribution is 0.0541. The van der Waals surface area contributed by atoms with E-state index >= 15 is 0 Å². The Morgan fingerprint density at radius 2 is 1.70 bits per heavy atom. The number of rotatable bonds is 12. The molecule has 0 spiro atoms. The minimum absolute atomic E-state index is 0.0744. The Kier molecular flexibility index (Phi) is 8.50. The summed E-state index contributed by atoms with van der Waals surface area (Å²) in [5, 5.41) is 9.72. The molecular weight excluding hydrogens is 492 g/mol. The summed E-state index contributed by atoms with van der Waals surface area (Å²) in [5.41, 5.74) is 7.27. The van der Waals surface area contributed by atoms with Crippen molar-refractivity contribution in [1.29, 1.82) is 0 Å². The van der Waals surface area contributed by atoms with Gasteiger partial charge in [0.25, 0.3) is 0 Å². The van der Waals surface area contributed by atoms with Crippen LogP contribution in [-0.4, -0.2) is 37.5 Å². The molecule has 0 aliphatic carbocycles. The monoisotopic (exact) mass is 520 g/mol. The van der Waals surface area contributed by atoms with Crippen LogP contribution in [0.4, 0.5) is 0 Å². The average molecular weight is 521 g/mol. The molecule has 37 heavy (non-hydrogen) atoms. The summed E-state index contributed by atoms with van der Waals surface area (Å²) in [5.74, 6) is 2.14. The largest absolute Gasteiger partial charge is 0.497 e. The molecule has 0 bridgehead atoms. The summed E-state index contributed by atoms with van der Waals surface area (Å²) in [7, 11) is 3.28. The van der Waals surface area contributed by atoms with Crippen molar-refractivity contribution in [2.75, 3.05) is 27.4 Å². The molecule has 192 valence electrons. The first-order chi connectivity index (χ1) is 18.0. The maximum absolute atomic E-state index is 11.3. The number of aromatic hydroxyl groups is 1. The van der Waals surface area contributed by atoms with Crippen molar-refractivity contribution in [3.05, 3.63) is 99.0 Å². The first-order valence-corrected chi connectivity index (χ1v) is 12.3. The number of ether oxygens (including phenoxy) is 3. The second-order valence-corrected chi connectivity index (χ2v) is 9.10. The third kappa shape index (κ3) is 6.72. The van der Waals surface area contributed by atoms with Crippen LogP contribution in [0.15, 0.2) is 78.1 Å². The molecular formula is C28H28N2O6S. The molecule has 8 nitrogen and oxygen atoms in total. The van der Waals surface area contributed by atoms with Crippen LogP contribution in [0, 0.1) is 0 Å². The summed E-state index contributed by atoms with van der Waals surface area (Å²) in [6.07, 6.45) is 0.471. The van der Waals surface area contributed by atoms with Crippen molar-refractivity contribution in [1.82, 2.24) is 10.5 Å². The number of methoxy groups -OCH3 is 2. The third-order valence-corrected chi connectivity index (χ3v) is 6.46. The Balaban J connectivity index is 1.22. The summed E-state index contributed by atoms with van der Waals surface area (Å²) < 4.78 is 16.5. The zero-order chi connectivity index (χ0) is 26.2. The zero-order valence-corrected chi connectivity index (χ0v) is 21.4. The fourth-order valence-electron chi connectivity index (χ4n) is 3.65. The molecule has 0 saturated heterocycles. The Bertz CT molecular complexity index is 1390. The normalized spacial score (nSPS) is 10.6. The molecule has 3 aromatic carbocycles. The minimum atomic E-state index is -0.269. The van der Waals surface area contributed by atoms with Crippen LogP contribution in [0.1, 0.15) is 16.0 Å². The van der Waals surface area contributed by atoms with Gasteiger partial charge in [-0.15, -0.1) is 0 Å². The van der Waals surface area contributed by atoms with E-state index in [9.17, 15) is 9.90 Å². The fraction of sp³-hybridized carbons (Fsp3) is 0.179. The molecule has 0 radical (unpaired) electrons. The summed E-state index contributed by atoms with van der Waals surface area (Å²) in [4.78, 5) is 19.5. The van der Waals surface area contributed by atoms with Crippen molar-refractivity contribution in [2.24, 2.45) is 0 Å². The Morgan fingerprint density at radius 1 is 0.973 bits per heavy atom. The second-order valence-electron chi connectivity index (χ2n) is 8.03. The van der Waals surface area contributed by atoms with E-state index in [0.717, 1.165) is 45.1 Å². The standard InChI is InChI=1S/C28H28N2O6S/c1-18(20-6-8-21(9-7-20)24-17-23(33-2)12-13-25(24)34-3)30-36-15-14-35-22-10-4-19(5-11-22)16-26-27(31)29-28(32)37-26/h4-13,17,30-31H,1,14-16H2,2-3H3,(H,29,32). The van der Waals surface area contributed by atoms with Crippen LogP contribution >= 0.6 is 11.3 Å². The number of hydroxylamine groups is 1. The van der Waals surface area contributed by atoms with Gasteiger partial charge in [-0.3, -0.25) is 20.1 Å². The number of nitrogens with one attached hydrogen (secondary N) is 2. The van der Waals surface area contributed by atoms with E-state index in [2.05, 4.69) is 17.0 Å². The predicted octanol–water partition coefficient (Wildman–Crippen LogP) is 4.99. The van der Waals surface area contributed by atoms with Crippen molar-refractivity contribution in [3.8, 4) is 34.3 Å². The van der Waals surface area contributed by atoms with E-state index in [4.69, 9.17) is 19.0 Å². The van der Waals surface area contributed by atoms with E-state index in [0.29, 0.717) is 36.0 Å². The summed E-state index contributed by atoms with van der Waals surface area (Å²) in [6, 6.07) is 21.0. The lowest BCUT2D eigenvalue weighted by atomic mass is 10.0. The highest BCUT2D eigenvalue weighted by Crippen LogP contribution is 2.33. The molecule has 0 aliphatic heterocycles. The molecule has 3 N–H and O–H groups in total. The van der Waals surface area contributed by atoms with Crippen molar-refractivity contribution < 1.29 is 24.2 Å². The highest BCUT2D eigenvalue weighted by atomic mass is 32.1. The molecule has 0 saturated carbocycles. The first-order valence-electron chi connectivity index (χ1n) is 11.5. The van der Waals surface area contributed by atoms with Gasteiger partial charge in [0.15, 0.2) is 0 Å². The zero-order valence-electron chi connectivity index (χ0n) is 20.6. The van der Waals surface area contributed by atoms with E-state index in [-0.39, 0.29) is 10.8 Å².